The molecule has 0 spiro atoms. The highest BCUT2D eigenvalue weighted by molar-refractivity contribution is 5.53. The van der Waals surface area contributed by atoms with Crippen molar-refractivity contribution in [1.82, 2.24) is 29.2 Å². The smallest absolute Gasteiger partial charge is 0.339 e. The van der Waals surface area contributed by atoms with Crippen molar-refractivity contribution in [2.45, 2.75) is 25.3 Å². The molecular formula is C21H21FN6O2. The van der Waals surface area contributed by atoms with Crippen molar-refractivity contribution in [2.75, 3.05) is 19.6 Å². The minimum absolute atomic E-state index is 0.125. The summed E-state index contributed by atoms with van der Waals surface area (Å²) in [6, 6.07) is 11.6. The van der Waals surface area contributed by atoms with E-state index in [1.165, 1.54) is 16.8 Å². The van der Waals surface area contributed by atoms with Crippen LogP contribution in [-0.2, 0) is 6.54 Å². The van der Waals surface area contributed by atoms with Crippen LogP contribution >= 0.6 is 0 Å². The van der Waals surface area contributed by atoms with E-state index in [0.717, 1.165) is 38.0 Å². The third-order valence-corrected chi connectivity index (χ3v) is 5.52. The number of hydrogen-bond donors (Lipinski definition) is 0. The Labute approximate surface area is 171 Å². The number of piperidine rings is 1. The van der Waals surface area contributed by atoms with Gasteiger partial charge in [-0.05, 0) is 55.8 Å². The number of pyridine rings is 1. The van der Waals surface area contributed by atoms with E-state index in [1.54, 1.807) is 22.7 Å². The van der Waals surface area contributed by atoms with Crippen LogP contribution in [0.2, 0.25) is 0 Å². The van der Waals surface area contributed by atoms with Crippen molar-refractivity contribution >= 4 is 5.65 Å². The van der Waals surface area contributed by atoms with Crippen molar-refractivity contribution in [3.8, 4) is 11.4 Å². The summed E-state index contributed by atoms with van der Waals surface area (Å²) in [6.45, 7) is 2.99. The molecule has 0 amide bonds. The van der Waals surface area contributed by atoms with Gasteiger partial charge >= 0.3 is 5.69 Å². The summed E-state index contributed by atoms with van der Waals surface area (Å²) < 4.78 is 21.7. The lowest BCUT2D eigenvalue weighted by molar-refractivity contribution is 0.179. The molecule has 0 saturated carbocycles. The van der Waals surface area contributed by atoms with E-state index in [0.29, 0.717) is 23.9 Å². The number of nitrogens with zero attached hydrogens (tertiary/aromatic N) is 6. The topological polar surface area (TPSA) is 81.5 Å². The Kier molecular flexibility index (Phi) is 4.88. The lowest BCUT2D eigenvalue weighted by atomic mass is 9.98. The summed E-state index contributed by atoms with van der Waals surface area (Å²) in [7, 11) is 0. The van der Waals surface area contributed by atoms with Gasteiger partial charge in [0.15, 0.2) is 5.65 Å². The van der Waals surface area contributed by atoms with Gasteiger partial charge in [-0.15, -0.1) is 5.10 Å². The molecule has 1 aliphatic heterocycles. The highest BCUT2D eigenvalue weighted by atomic mass is 19.1. The molecule has 1 aliphatic rings. The molecule has 1 fully saturated rings. The molecule has 1 saturated heterocycles. The fourth-order valence-electron chi connectivity index (χ4n) is 3.93. The zero-order chi connectivity index (χ0) is 20.5. The van der Waals surface area contributed by atoms with Crippen LogP contribution in [0, 0.1) is 5.82 Å². The third kappa shape index (κ3) is 3.63. The number of likely N-dealkylation sites (tertiary alicyclic amines) is 1. The summed E-state index contributed by atoms with van der Waals surface area (Å²) in [6.07, 6.45) is 3.71. The van der Waals surface area contributed by atoms with Gasteiger partial charge in [0.25, 0.3) is 0 Å². The first-order chi connectivity index (χ1) is 14.7. The van der Waals surface area contributed by atoms with Gasteiger partial charge < -0.3 is 9.42 Å². The van der Waals surface area contributed by atoms with E-state index >= 15 is 0 Å². The maximum atomic E-state index is 13.1. The fraction of sp³-hybridized carbons (Fsp3) is 0.333. The summed E-state index contributed by atoms with van der Waals surface area (Å²) >= 11 is 0. The summed E-state index contributed by atoms with van der Waals surface area (Å²) in [5.74, 6) is 0.913. The van der Waals surface area contributed by atoms with E-state index in [2.05, 4.69) is 20.1 Å². The van der Waals surface area contributed by atoms with Crippen molar-refractivity contribution in [1.29, 1.82) is 0 Å². The molecule has 3 aromatic heterocycles. The van der Waals surface area contributed by atoms with E-state index < -0.39 is 0 Å². The number of hydrogen-bond acceptors (Lipinski definition) is 6. The maximum Gasteiger partial charge on any atom is 0.350 e. The molecule has 1 aromatic carbocycles. The van der Waals surface area contributed by atoms with E-state index in [1.807, 2.05) is 18.2 Å². The molecule has 154 valence electrons. The SMILES string of the molecule is O=c1n(CCN2CCCC(c3nc(-c4ccc(F)cc4)no3)C2)nc2ccccn12. The second-order valence-electron chi connectivity index (χ2n) is 7.54. The van der Waals surface area contributed by atoms with Crippen molar-refractivity contribution in [2.24, 2.45) is 0 Å². The Bertz CT molecular complexity index is 1210. The Morgan fingerprint density at radius 3 is 2.83 bits per heavy atom. The molecule has 30 heavy (non-hydrogen) atoms. The molecule has 4 aromatic rings. The largest absolute Gasteiger partial charge is 0.350 e. The van der Waals surface area contributed by atoms with Crippen LogP contribution < -0.4 is 5.69 Å². The van der Waals surface area contributed by atoms with Gasteiger partial charge in [-0.3, -0.25) is 4.40 Å². The summed E-state index contributed by atoms with van der Waals surface area (Å²) in [5, 5.41) is 8.45. The first kappa shape index (κ1) is 18.7. The third-order valence-electron chi connectivity index (χ3n) is 5.52. The first-order valence-corrected chi connectivity index (χ1v) is 10.0. The predicted octanol–water partition coefficient (Wildman–Crippen LogP) is 2.56. The highest BCUT2D eigenvalue weighted by Gasteiger charge is 2.26. The van der Waals surface area contributed by atoms with E-state index in [-0.39, 0.29) is 17.4 Å². The van der Waals surface area contributed by atoms with Crippen molar-refractivity contribution in [3.05, 3.63) is 70.9 Å². The second-order valence-corrected chi connectivity index (χ2v) is 7.54. The molecule has 8 nitrogen and oxygen atoms in total. The molecule has 4 heterocycles. The molecular weight excluding hydrogens is 387 g/mol. The maximum absolute atomic E-state index is 13.1. The summed E-state index contributed by atoms with van der Waals surface area (Å²) in [5.41, 5.74) is 1.25. The number of fused-ring (bicyclic) bond motifs is 1. The number of benzene rings is 1. The fourth-order valence-corrected chi connectivity index (χ4v) is 3.93. The predicted molar refractivity (Wildman–Crippen MR) is 108 cm³/mol. The summed E-state index contributed by atoms with van der Waals surface area (Å²) in [4.78, 5) is 19.3. The van der Waals surface area contributed by atoms with E-state index in [4.69, 9.17) is 4.52 Å². The number of halogens is 1. The molecule has 1 atom stereocenters. The van der Waals surface area contributed by atoms with Crippen LogP contribution in [0.15, 0.2) is 58.0 Å². The van der Waals surface area contributed by atoms with Gasteiger partial charge in [-0.2, -0.15) is 4.98 Å². The van der Waals surface area contributed by atoms with Crippen molar-refractivity contribution < 1.29 is 8.91 Å². The molecule has 9 heteroatoms. The van der Waals surface area contributed by atoms with Gasteiger partial charge in [0, 0.05) is 24.8 Å². The molecule has 0 bridgehead atoms. The van der Waals surface area contributed by atoms with Crippen molar-refractivity contribution in [3.63, 3.8) is 0 Å². The minimum Gasteiger partial charge on any atom is -0.339 e. The monoisotopic (exact) mass is 408 g/mol. The van der Waals surface area contributed by atoms with Crippen LogP contribution in [-0.4, -0.2) is 48.9 Å². The normalized spacial score (nSPS) is 17.6. The van der Waals surface area contributed by atoms with Crippen LogP contribution in [0.4, 0.5) is 4.39 Å². The minimum atomic E-state index is -0.296. The average molecular weight is 408 g/mol. The molecule has 0 radical (unpaired) electrons. The number of aromatic nitrogens is 5. The molecule has 0 N–H and O–H groups in total. The van der Waals surface area contributed by atoms with Gasteiger partial charge in [-0.1, -0.05) is 11.2 Å². The van der Waals surface area contributed by atoms with Crippen LogP contribution in [0.25, 0.3) is 17.0 Å². The Morgan fingerprint density at radius 2 is 2.00 bits per heavy atom. The highest BCUT2D eigenvalue weighted by Crippen LogP contribution is 2.27. The number of rotatable bonds is 5. The Balaban J connectivity index is 1.25. The lowest BCUT2D eigenvalue weighted by Gasteiger charge is -2.30. The molecule has 1 unspecified atom stereocenters. The van der Waals surface area contributed by atoms with Gasteiger partial charge in [-0.25, -0.2) is 13.9 Å². The molecule has 5 rings (SSSR count). The van der Waals surface area contributed by atoms with Gasteiger partial charge in [0.2, 0.25) is 11.7 Å². The molecule has 0 aliphatic carbocycles. The Hall–Kier alpha value is -3.33. The zero-order valence-electron chi connectivity index (χ0n) is 16.3. The van der Waals surface area contributed by atoms with Crippen LogP contribution in [0.3, 0.4) is 0 Å². The lowest BCUT2D eigenvalue weighted by Crippen LogP contribution is -2.38. The van der Waals surface area contributed by atoms with Gasteiger partial charge in [0.05, 0.1) is 12.5 Å². The standard InChI is InChI=1S/C21H21FN6O2/c22-17-8-6-15(7-9-17)19-23-20(30-25-19)16-4-3-10-26(14-16)12-13-28-21(29)27-11-2-1-5-18(27)24-28/h1-2,5-9,11,16H,3-4,10,12-14H2. The Morgan fingerprint density at radius 1 is 1.13 bits per heavy atom. The second kappa shape index (κ2) is 7.83. The van der Waals surface area contributed by atoms with Gasteiger partial charge in [0.1, 0.15) is 5.82 Å². The zero-order valence-corrected chi connectivity index (χ0v) is 16.3. The van der Waals surface area contributed by atoms with Crippen LogP contribution in [0.1, 0.15) is 24.7 Å². The van der Waals surface area contributed by atoms with E-state index in [9.17, 15) is 9.18 Å². The quantitative estimate of drug-likeness (QED) is 0.505. The first-order valence-electron chi connectivity index (χ1n) is 10.0. The van der Waals surface area contributed by atoms with Crippen LogP contribution in [0.5, 0.6) is 0 Å². The average Bonchev–Trinajstić information content (AvgIpc) is 3.39.